The second-order valence-electron chi connectivity index (χ2n) is 6.46. The number of hydrogen-bond donors (Lipinski definition) is 1. The Morgan fingerprint density at radius 2 is 1.67 bits per heavy atom. The van der Waals surface area contributed by atoms with Gasteiger partial charge in [0.25, 0.3) is 5.91 Å². The summed E-state index contributed by atoms with van der Waals surface area (Å²) in [6.07, 6.45) is 2.72. The highest BCUT2D eigenvalue weighted by molar-refractivity contribution is 7.89. The number of carbonyl (C=O) groups is 1. The van der Waals surface area contributed by atoms with Crippen LogP contribution in [0.3, 0.4) is 0 Å². The topological polar surface area (TPSA) is 75.7 Å². The Kier molecular flexibility index (Phi) is 6.13. The quantitative estimate of drug-likeness (QED) is 0.787. The molecule has 2 aromatic carbocycles. The summed E-state index contributed by atoms with van der Waals surface area (Å²) < 4.78 is 32.1. The molecular weight excluding hydrogens is 364 g/mol. The number of nitrogens with zero attached hydrogens (tertiary/aromatic N) is 1. The Morgan fingerprint density at radius 3 is 2.26 bits per heavy atom. The number of sulfonamides is 1. The second kappa shape index (κ2) is 8.54. The van der Waals surface area contributed by atoms with Gasteiger partial charge >= 0.3 is 0 Å². The zero-order valence-electron chi connectivity index (χ0n) is 15.3. The number of ether oxygens (including phenoxy) is 1. The molecule has 1 heterocycles. The van der Waals surface area contributed by atoms with Crippen LogP contribution in [0.5, 0.6) is 5.75 Å². The van der Waals surface area contributed by atoms with Crippen molar-refractivity contribution >= 4 is 21.6 Å². The maximum absolute atomic E-state index is 12.5. The predicted octanol–water partition coefficient (Wildman–Crippen LogP) is 3.51. The summed E-state index contributed by atoms with van der Waals surface area (Å²) in [5.74, 6) is 0.470. The summed E-state index contributed by atoms with van der Waals surface area (Å²) in [5.41, 5.74) is 1.05. The number of rotatable bonds is 7. The molecule has 0 radical (unpaired) electrons. The van der Waals surface area contributed by atoms with Crippen molar-refractivity contribution < 1.29 is 17.9 Å². The van der Waals surface area contributed by atoms with Crippen LogP contribution in [0.2, 0.25) is 0 Å². The van der Waals surface area contributed by atoms with Crippen molar-refractivity contribution in [2.45, 2.75) is 31.1 Å². The van der Waals surface area contributed by atoms with Crippen LogP contribution in [0.15, 0.2) is 53.4 Å². The minimum absolute atomic E-state index is 0.250. The molecule has 0 atom stereocenters. The van der Waals surface area contributed by atoms with Gasteiger partial charge in [0.1, 0.15) is 5.75 Å². The molecule has 1 saturated heterocycles. The lowest BCUT2D eigenvalue weighted by Crippen LogP contribution is -2.27. The number of amides is 1. The van der Waals surface area contributed by atoms with Gasteiger partial charge in [0.15, 0.2) is 0 Å². The van der Waals surface area contributed by atoms with E-state index in [9.17, 15) is 13.2 Å². The van der Waals surface area contributed by atoms with Crippen LogP contribution in [0.4, 0.5) is 5.69 Å². The van der Waals surface area contributed by atoms with Gasteiger partial charge in [-0.3, -0.25) is 4.79 Å². The molecule has 0 aliphatic carbocycles. The molecule has 7 heteroatoms. The molecule has 0 spiro atoms. The third kappa shape index (κ3) is 4.67. The van der Waals surface area contributed by atoms with Crippen molar-refractivity contribution in [1.82, 2.24) is 4.31 Å². The monoisotopic (exact) mass is 388 g/mol. The lowest BCUT2D eigenvalue weighted by Gasteiger charge is -2.15. The van der Waals surface area contributed by atoms with Crippen LogP contribution in [0.1, 0.15) is 36.5 Å². The Labute approximate surface area is 160 Å². The van der Waals surface area contributed by atoms with E-state index in [4.69, 9.17) is 4.74 Å². The van der Waals surface area contributed by atoms with Crippen LogP contribution < -0.4 is 10.1 Å². The van der Waals surface area contributed by atoms with Gasteiger partial charge in [-0.25, -0.2) is 8.42 Å². The van der Waals surface area contributed by atoms with Crippen LogP contribution in [-0.2, 0) is 10.0 Å². The van der Waals surface area contributed by atoms with Gasteiger partial charge in [-0.15, -0.1) is 0 Å². The number of benzene rings is 2. The van der Waals surface area contributed by atoms with E-state index in [1.807, 2.05) is 6.92 Å². The Hall–Kier alpha value is -2.38. The van der Waals surface area contributed by atoms with Crippen molar-refractivity contribution in [3.05, 3.63) is 54.1 Å². The lowest BCUT2D eigenvalue weighted by atomic mass is 10.2. The smallest absolute Gasteiger partial charge is 0.255 e. The first kappa shape index (κ1) is 19.4. The zero-order valence-corrected chi connectivity index (χ0v) is 16.2. The van der Waals surface area contributed by atoms with Gasteiger partial charge in [-0.1, -0.05) is 6.92 Å². The van der Waals surface area contributed by atoms with E-state index in [1.165, 1.54) is 16.4 Å². The number of hydrogen-bond acceptors (Lipinski definition) is 4. The second-order valence-corrected chi connectivity index (χ2v) is 8.40. The van der Waals surface area contributed by atoms with Crippen LogP contribution in [-0.4, -0.2) is 38.3 Å². The van der Waals surface area contributed by atoms with Gasteiger partial charge in [-0.05, 0) is 67.8 Å². The molecule has 0 bridgehead atoms. The van der Waals surface area contributed by atoms with Crippen molar-refractivity contribution in [2.24, 2.45) is 0 Å². The molecule has 144 valence electrons. The highest BCUT2D eigenvalue weighted by atomic mass is 32.2. The van der Waals surface area contributed by atoms with Crippen molar-refractivity contribution in [2.75, 3.05) is 25.0 Å². The van der Waals surface area contributed by atoms with E-state index in [0.717, 1.165) is 25.0 Å². The SMILES string of the molecule is CCCOc1ccc(C(=O)Nc2ccc(S(=O)(=O)N3CCCC3)cc2)cc1. The molecule has 0 unspecified atom stereocenters. The minimum atomic E-state index is -3.44. The lowest BCUT2D eigenvalue weighted by molar-refractivity contribution is 0.102. The van der Waals surface area contributed by atoms with Gasteiger partial charge in [0, 0.05) is 24.3 Å². The third-order valence-electron chi connectivity index (χ3n) is 4.40. The Morgan fingerprint density at radius 1 is 1.04 bits per heavy atom. The van der Waals surface area contributed by atoms with Crippen molar-refractivity contribution in [3.8, 4) is 5.75 Å². The summed E-state index contributed by atoms with van der Waals surface area (Å²) in [6.45, 7) is 3.80. The van der Waals surface area contributed by atoms with Crippen LogP contribution in [0.25, 0.3) is 0 Å². The molecule has 1 aliphatic rings. The largest absolute Gasteiger partial charge is 0.494 e. The van der Waals surface area contributed by atoms with Gasteiger partial charge in [-0.2, -0.15) is 4.31 Å². The zero-order chi connectivity index (χ0) is 19.3. The summed E-state index contributed by atoms with van der Waals surface area (Å²) in [5, 5.41) is 2.78. The Bertz CT molecular complexity index is 871. The van der Waals surface area contributed by atoms with Gasteiger partial charge in [0.05, 0.1) is 11.5 Å². The van der Waals surface area contributed by atoms with Crippen LogP contribution >= 0.6 is 0 Å². The molecule has 6 nitrogen and oxygen atoms in total. The summed E-state index contributed by atoms with van der Waals surface area (Å²) >= 11 is 0. The van der Waals surface area contributed by atoms with E-state index < -0.39 is 10.0 Å². The third-order valence-corrected chi connectivity index (χ3v) is 6.32. The molecule has 1 aliphatic heterocycles. The molecule has 1 fully saturated rings. The summed E-state index contributed by atoms with van der Waals surface area (Å²) in [7, 11) is -3.44. The highest BCUT2D eigenvalue weighted by Gasteiger charge is 2.26. The maximum atomic E-state index is 12.5. The fourth-order valence-corrected chi connectivity index (χ4v) is 4.43. The molecule has 0 saturated carbocycles. The normalized spacial score (nSPS) is 14.9. The Balaban J connectivity index is 1.64. The molecule has 27 heavy (non-hydrogen) atoms. The van der Waals surface area contributed by atoms with E-state index >= 15 is 0 Å². The first-order valence-corrected chi connectivity index (χ1v) is 10.6. The predicted molar refractivity (Wildman–Crippen MR) is 105 cm³/mol. The average Bonchev–Trinajstić information content (AvgIpc) is 3.23. The summed E-state index contributed by atoms with van der Waals surface area (Å²) in [6, 6.07) is 13.2. The molecule has 1 amide bonds. The number of nitrogens with one attached hydrogen (secondary N) is 1. The molecular formula is C20H24N2O4S. The molecule has 3 rings (SSSR count). The van der Waals surface area contributed by atoms with E-state index in [2.05, 4.69) is 5.32 Å². The number of carbonyl (C=O) groups excluding carboxylic acids is 1. The van der Waals surface area contributed by atoms with Crippen molar-refractivity contribution in [3.63, 3.8) is 0 Å². The first-order valence-electron chi connectivity index (χ1n) is 9.15. The van der Waals surface area contributed by atoms with Crippen molar-refractivity contribution in [1.29, 1.82) is 0 Å². The number of anilines is 1. The summed E-state index contributed by atoms with van der Waals surface area (Å²) in [4.78, 5) is 12.6. The standard InChI is InChI=1S/C20H24N2O4S/c1-2-15-26-18-9-5-16(6-10-18)20(23)21-17-7-11-19(12-8-17)27(24,25)22-13-3-4-14-22/h5-12H,2-4,13-15H2,1H3,(H,21,23). The fourth-order valence-electron chi connectivity index (χ4n) is 2.91. The van der Waals surface area contributed by atoms with E-state index in [1.54, 1.807) is 36.4 Å². The molecule has 0 aromatic heterocycles. The molecule has 2 aromatic rings. The van der Waals surface area contributed by atoms with Crippen LogP contribution in [0, 0.1) is 0 Å². The van der Waals surface area contributed by atoms with E-state index in [0.29, 0.717) is 30.9 Å². The first-order chi connectivity index (χ1) is 13.0. The maximum Gasteiger partial charge on any atom is 0.255 e. The van der Waals surface area contributed by atoms with Gasteiger partial charge < -0.3 is 10.1 Å². The molecule has 1 N–H and O–H groups in total. The van der Waals surface area contributed by atoms with E-state index in [-0.39, 0.29) is 10.8 Å². The minimum Gasteiger partial charge on any atom is -0.494 e. The van der Waals surface area contributed by atoms with Gasteiger partial charge in [0.2, 0.25) is 10.0 Å². The fraction of sp³-hybridized carbons (Fsp3) is 0.350. The highest BCUT2D eigenvalue weighted by Crippen LogP contribution is 2.22. The average molecular weight is 388 g/mol.